The fourth-order valence-electron chi connectivity index (χ4n) is 5.52. The van der Waals surface area contributed by atoms with E-state index < -0.39 is 73.5 Å². The van der Waals surface area contributed by atoms with Crippen molar-refractivity contribution in [3.63, 3.8) is 0 Å². The van der Waals surface area contributed by atoms with Gasteiger partial charge in [-0.1, -0.05) is 83.1 Å². The van der Waals surface area contributed by atoms with E-state index in [0.717, 1.165) is 22.3 Å². The first-order valence-electron chi connectivity index (χ1n) is 16.1. The normalized spacial score (nSPS) is 13.4. The standard InChI is InChI=1S/C37H56O8.H3O3P/c1-33(2,3)24-15-22(31(41)43-13)16-25(34(4,5)6)28(24)30(37(19-38,20-39)21-40)45-29-26(35(7,8)9)17-23(32(42)44-14)18-27(29)36(10,11)12;1-4(2)3/h15-18,30,38-40H,19-21H2,1-14H3;1-3H. The predicted molar refractivity (Wildman–Crippen MR) is 191 cm³/mol. The van der Waals surface area contributed by atoms with Crippen molar-refractivity contribution in [1.82, 2.24) is 0 Å². The lowest BCUT2D eigenvalue weighted by Crippen LogP contribution is -2.45. The van der Waals surface area contributed by atoms with Gasteiger partial charge in [-0.2, -0.15) is 0 Å². The summed E-state index contributed by atoms with van der Waals surface area (Å²) in [6.07, 6.45) is -1.08. The van der Waals surface area contributed by atoms with Gasteiger partial charge in [-0.15, -0.1) is 0 Å². The molecule has 0 aromatic heterocycles. The van der Waals surface area contributed by atoms with Crippen LogP contribution in [0.3, 0.4) is 0 Å². The predicted octanol–water partition coefficient (Wildman–Crippen LogP) is 5.72. The van der Waals surface area contributed by atoms with Crippen LogP contribution in [-0.2, 0) is 31.1 Å². The Morgan fingerprint density at radius 3 is 1.08 bits per heavy atom. The van der Waals surface area contributed by atoms with Crippen LogP contribution in [0.2, 0.25) is 0 Å². The maximum atomic E-state index is 12.9. The van der Waals surface area contributed by atoms with Gasteiger partial charge in [-0.05, 0) is 57.1 Å². The van der Waals surface area contributed by atoms with Crippen LogP contribution in [0, 0.1) is 5.41 Å². The van der Waals surface area contributed by atoms with Crippen LogP contribution < -0.4 is 4.74 Å². The fourth-order valence-corrected chi connectivity index (χ4v) is 5.52. The third-order valence-electron chi connectivity index (χ3n) is 8.34. The van der Waals surface area contributed by atoms with Crippen LogP contribution in [0.4, 0.5) is 0 Å². The van der Waals surface area contributed by atoms with Crippen molar-refractivity contribution in [3.8, 4) is 5.75 Å². The Bertz CT molecular complexity index is 1350. The summed E-state index contributed by atoms with van der Waals surface area (Å²) in [5.41, 5.74) is 0.706. The van der Waals surface area contributed by atoms with Gasteiger partial charge in [0.25, 0.3) is 0 Å². The van der Waals surface area contributed by atoms with Crippen molar-refractivity contribution in [3.05, 3.63) is 63.2 Å². The lowest BCUT2D eigenvalue weighted by Gasteiger charge is -2.43. The van der Waals surface area contributed by atoms with Gasteiger partial charge in [0.2, 0.25) is 0 Å². The quantitative estimate of drug-likeness (QED) is 0.138. The summed E-state index contributed by atoms with van der Waals surface area (Å²) in [6, 6.07) is 7.09. The van der Waals surface area contributed by atoms with E-state index in [9.17, 15) is 24.9 Å². The van der Waals surface area contributed by atoms with Crippen molar-refractivity contribution < 1.29 is 53.8 Å². The molecule has 278 valence electrons. The minimum absolute atomic E-state index is 0.366. The maximum absolute atomic E-state index is 12.9. The van der Waals surface area contributed by atoms with E-state index in [1.54, 1.807) is 24.3 Å². The molecule has 12 heteroatoms. The van der Waals surface area contributed by atoms with Crippen molar-refractivity contribution in [2.24, 2.45) is 5.41 Å². The molecule has 0 aliphatic carbocycles. The molecule has 2 aromatic carbocycles. The lowest BCUT2D eigenvalue weighted by atomic mass is 9.68. The summed E-state index contributed by atoms with van der Waals surface area (Å²) in [4.78, 5) is 47.5. The van der Waals surface area contributed by atoms with Gasteiger partial charge < -0.3 is 44.2 Å². The fraction of sp³-hybridized carbons (Fsp3) is 0.622. The number of hydrogen-bond acceptors (Lipinski definition) is 11. The zero-order valence-corrected chi connectivity index (χ0v) is 32.6. The first kappa shape index (κ1) is 44.4. The Hall–Kier alpha value is -2.63. The third kappa shape index (κ3) is 10.9. The molecular weight excluding hydrogens is 651 g/mol. The molecule has 6 N–H and O–H groups in total. The van der Waals surface area contributed by atoms with E-state index >= 15 is 0 Å². The second-order valence-corrected chi connectivity index (χ2v) is 17.0. The molecule has 0 radical (unpaired) electrons. The smallest absolute Gasteiger partial charge is 0.337 e. The molecule has 0 saturated heterocycles. The number of rotatable bonds is 9. The van der Waals surface area contributed by atoms with Crippen LogP contribution in [0.15, 0.2) is 24.3 Å². The second-order valence-electron chi connectivity index (χ2n) is 16.5. The number of aliphatic hydroxyl groups is 3. The Kier molecular flexibility index (Phi) is 15.0. The number of ether oxygens (including phenoxy) is 3. The average Bonchev–Trinajstić information content (AvgIpc) is 2.97. The summed E-state index contributed by atoms with van der Waals surface area (Å²) >= 11 is 0. The van der Waals surface area contributed by atoms with Gasteiger partial charge in [0, 0.05) is 16.7 Å². The molecule has 0 saturated carbocycles. The van der Waals surface area contributed by atoms with Gasteiger partial charge in [0.1, 0.15) is 11.9 Å². The highest BCUT2D eigenvalue weighted by Crippen LogP contribution is 2.50. The largest absolute Gasteiger partial charge is 0.484 e. The summed E-state index contributed by atoms with van der Waals surface area (Å²) in [7, 11) is 0.0587. The highest BCUT2D eigenvalue weighted by molar-refractivity contribution is 7.38. The Morgan fingerprint density at radius 1 is 0.592 bits per heavy atom. The van der Waals surface area contributed by atoms with Gasteiger partial charge in [-0.25, -0.2) is 9.59 Å². The Morgan fingerprint density at radius 2 is 0.857 bits per heavy atom. The molecule has 0 bridgehead atoms. The first-order valence-corrected chi connectivity index (χ1v) is 17.3. The lowest BCUT2D eigenvalue weighted by molar-refractivity contribution is -0.0761. The molecule has 0 aliphatic heterocycles. The first-order chi connectivity index (χ1) is 22.2. The van der Waals surface area contributed by atoms with Crippen molar-refractivity contribution in [2.75, 3.05) is 34.0 Å². The maximum Gasteiger partial charge on any atom is 0.337 e. The van der Waals surface area contributed by atoms with Crippen LogP contribution in [0.1, 0.15) is 138 Å². The highest BCUT2D eigenvalue weighted by Gasteiger charge is 2.46. The molecule has 2 rings (SSSR count). The van der Waals surface area contributed by atoms with Gasteiger partial charge in [0.15, 0.2) is 0 Å². The van der Waals surface area contributed by atoms with E-state index in [4.69, 9.17) is 28.9 Å². The average molecular weight is 711 g/mol. The number of carbonyl (C=O) groups is 2. The van der Waals surface area contributed by atoms with Crippen molar-refractivity contribution in [1.29, 1.82) is 0 Å². The van der Waals surface area contributed by atoms with E-state index in [2.05, 4.69) is 0 Å². The molecule has 2 aromatic rings. The van der Waals surface area contributed by atoms with Crippen molar-refractivity contribution in [2.45, 2.75) is 111 Å². The number of hydrogen-bond donors (Lipinski definition) is 6. The van der Waals surface area contributed by atoms with Crippen LogP contribution in [0.5, 0.6) is 5.75 Å². The van der Waals surface area contributed by atoms with Crippen LogP contribution >= 0.6 is 8.60 Å². The SMILES string of the molecule is COC(=O)c1cc(C(C)(C)C)c(OC(c2c(C(C)(C)C)cc(C(=O)OC)cc2C(C)(C)C)C(CO)(CO)CO)c(C(C)(C)C)c1.OP(O)O. The number of esters is 2. The second kappa shape index (κ2) is 16.6. The van der Waals surface area contributed by atoms with Crippen molar-refractivity contribution >= 4 is 20.5 Å². The molecule has 0 spiro atoms. The molecule has 49 heavy (non-hydrogen) atoms. The number of benzene rings is 2. The van der Waals surface area contributed by atoms with Gasteiger partial charge >= 0.3 is 20.5 Å². The van der Waals surface area contributed by atoms with E-state index in [-0.39, 0.29) is 0 Å². The van der Waals surface area contributed by atoms with Gasteiger partial charge in [-0.3, -0.25) is 0 Å². The molecule has 1 unspecified atom stereocenters. The van der Waals surface area contributed by atoms with Crippen LogP contribution in [0.25, 0.3) is 0 Å². The zero-order valence-electron chi connectivity index (χ0n) is 31.7. The molecule has 0 fully saturated rings. The number of carbonyl (C=O) groups excluding carboxylic acids is 2. The summed E-state index contributed by atoms with van der Waals surface area (Å²) < 4.78 is 17.4. The molecule has 11 nitrogen and oxygen atoms in total. The minimum Gasteiger partial charge on any atom is -0.484 e. The minimum atomic E-state index is -2.62. The third-order valence-corrected chi connectivity index (χ3v) is 8.34. The number of aliphatic hydroxyl groups excluding tert-OH is 3. The van der Waals surface area contributed by atoms with Crippen LogP contribution in [-0.4, -0.2) is 76.0 Å². The molecule has 0 aliphatic rings. The van der Waals surface area contributed by atoms with E-state index in [1.165, 1.54) is 14.2 Å². The molecule has 1 atom stereocenters. The highest BCUT2D eigenvalue weighted by atomic mass is 31.2. The number of methoxy groups -OCH3 is 2. The summed E-state index contributed by atoms with van der Waals surface area (Å²) in [6.45, 7) is 22.4. The molecule has 0 amide bonds. The van der Waals surface area contributed by atoms with E-state index in [1.807, 2.05) is 83.1 Å². The van der Waals surface area contributed by atoms with Gasteiger partial charge in [0.05, 0.1) is 50.6 Å². The molecule has 0 heterocycles. The summed E-state index contributed by atoms with van der Waals surface area (Å²) in [5, 5.41) is 32.8. The van der Waals surface area contributed by atoms with E-state index in [0.29, 0.717) is 22.4 Å². The molecular formula is C37H59O11P. The topological polar surface area (TPSA) is 183 Å². The Labute approximate surface area is 293 Å². The Balaban J connectivity index is 0.00000283. The summed E-state index contributed by atoms with van der Waals surface area (Å²) in [5.74, 6) is -0.478. The monoisotopic (exact) mass is 710 g/mol. The zero-order chi connectivity index (χ0) is 38.5.